The molecule has 0 aliphatic carbocycles. The smallest absolute Gasteiger partial charge is 0.0406 e. The maximum atomic E-state index is 6.06. The lowest BCUT2D eigenvalue weighted by Crippen LogP contribution is -2.29. The van der Waals surface area contributed by atoms with Crippen LogP contribution in [-0.2, 0) is 13.1 Å². The monoisotopic (exact) mass is 346 g/mol. The van der Waals surface area contributed by atoms with Crippen molar-refractivity contribution in [1.29, 1.82) is 0 Å². The van der Waals surface area contributed by atoms with Gasteiger partial charge in [0.05, 0.1) is 0 Å². The number of hydrogen-bond acceptors (Lipinski definition) is 3. The van der Waals surface area contributed by atoms with Gasteiger partial charge in [-0.05, 0) is 62.3 Å². The Bertz CT molecular complexity index is 673. The fraction of sp³-hybridized carbons (Fsp3) is 0.474. The lowest BCUT2D eigenvalue weighted by atomic mass is 9.88. The van der Waals surface area contributed by atoms with Gasteiger partial charge in [-0.15, -0.1) is 11.3 Å². The van der Waals surface area contributed by atoms with Crippen molar-refractivity contribution in [3.8, 4) is 0 Å². The summed E-state index contributed by atoms with van der Waals surface area (Å²) in [6.45, 7) is 5.85. The SMILES string of the molecule is CN1Cc2sc(CN3CCCC3)cc2C(c2ccc(Cl)cc2)C1. The van der Waals surface area contributed by atoms with Crippen LogP contribution in [0, 0.1) is 0 Å². The third kappa shape index (κ3) is 3.34. The molecule has 23 heavy (non-hydrogen) atoms. The fourth-order valence-corrected chi connectivity index (χ4v) is 5.34. The Morgan fingerprint density at radius 3 is 2.65 bits per heavy atom. The van der Waals surface area contributed by atoms with Crippen molar-refractivity contribution < 1.29 is 0 Å². The first-order chi connectivity index (χ1) is 11.2. The van der Waals surface area contributed by atoms with Gasteiger partial charge in [0.1, 0.15) is 0 Å². The van der Waals surface area contributed by atoms with E-state index in [1.165, 1.54) is 36.4 Å². The van der Waals surface area contributed by atoms with E-state index in [-0.39, 0.29) is 0 Å². The average Bonchev–Trinajstić information content (AvgIpc) is 3.17. The van der Waals surface area contributed by atoms with E-state index in [2.05, 4.69) is 35.0 Å². The van der Waals surface area contributed by atoms with Crippen molar-refractivity contribution in [2.75, 3.05) is 26.7 Å². The number of nitrogens with zero attached hydrogens (tertiary/aromatic N) is 2. The summed E-state index contributed by atoms with van der Waals surface area (Å²) in [5.41, 5.74) is 2.93. The van der Waals surface area contributed by atoms with E-state index in [4.69, 9.17) is 11.6 Å². The standard InChI is InChI=1S/C19H23ClN2S/c1-21-12-18(14-4-6-15(20)7-5-14)17-10-16(23-19(17)13-21)11-22-8-2-3-9-22/h4-7,10,18H,2-3,8-9,11-13H2,1H3. The molecule has 0 amide bonds. The Morgan fingerprint density at radius 1 is 1.17 bits per heavy atom. The second-order valence-electron chi connectivity index (χ2n) is 6.88. The van der Waals surface area contributed by atoms with Gasteiger partial charge in [-0.2, -0.15) is 0 Å². The number of fused-ring (bicyclic) bond motifs is 1. The molecule has 1 saturated heterocycles. The van der Waals surface area contributed by atoms with E-state index in [1.54, 1.807) is 10.4 Å². The van der Waals surface area contributed by atoms with Crippen molar-refractivity contribution >= 4 is 22.9 Å². The van der Waals surface area contributed by atoms with Crippen LogP contribution in [0.1, 0.15) is 39.6 Å². The molecule has 2 aliphatic heterocycles. The van der Waals surface area contributed by atoms with Gasteiger partial charge >= 0.3 is 0 Å². The molecule has 1 fully saturated rings. The maximum absolute atomic E-state index is 6.06. The van der Waals surface area contributed by atoms with E-state index < -0.39 is 0 Å². The van der Waals surface area contributed by atoms with Crippen LogP contribution < -0.4 is 0 Å². The second kappa shape index (κ2) is 6.56. The quantitative estimate of drug-likeness (QED) is 0.803. The lowest BCUT2D eigenvalue weighted by Gasteiger charge is -2.30. The van der Waals surface area contributed by atoms with Crippen LogP contribution in [0.4, 0.5) is 0 Å². The van der Waals surface area contributed by atoms with Crippen molar-refractivity contribution in [3.05, 3.63) is 56.2 Å². The summed E-state index contributed by atoms with van der Waals surface area (Å²) in [7, 11) is 2.23. The number of likely N-dealkylation sites (N-methyl/N-ethyl adjacent to an activating group) is 1. The molecule has 2 aliphatic rings. The van der Waals surface area contributed by atoms with Crippen molar-refractivity contribution in [2.24, 2.45) is 0 Å². The molecule has 2 aromatic rings. The predicted octanol–water partition coefficient (Wildman–Crippen LogP) is 4.57. The molecule has 0 bridgehead atoms. The molecular formula is C19H23ClN2S. The molecule has 1 aromatic carbocycles. The highest BCUT2D eigenvalue weighted by Gasteiger charge is 2.27. The van der Waals surface area contributed by atoms with Gasteiger partial charge in [0, 0.05) is 40.3 Å². The zero-order valence-corrected chi connectivity index (χ0v) is 15.2. The molecular weight excluding hydrogens is 324 g/mol. The van der Waals surface area contributed by atoms with Gasteiger partial charge < -0.3 is 4.90 Å². The first-order valence-corrected chi connectivity index (χ1v) is 9.66. The van der Waals surface area contributed by atoms with Crippen molar-refractivity contribution in [1.82, 2.24) is 9.80 Å². The molecule has 2 nitrogen and oxygen atoms in total. The zero-order chi connectivity index (χ0) is 15.8. The van der Waals surface area contributed by atoms with E-state index >= 15 is 0 Å². The first kappa shape index (κ1) is 15.6. The molecule has 4 rings (SSSR count). The van der Waals surface area contributed by atoms with Gasteiger partial charge in [-0.3, -0.25) is 4.90 Å². The highest BCUT2D eigenvalue weighted by atomic mass is 35.5. The predicted molar refractivity (Wildman–Crippen MR) is 98.5 cm³/mol. The van der Waals surface area contributed by atoms with Gasteiger partial charge in [-0.25, -0.2) is 0 Å². The summed E-state index contributed by atoms with van der Waals surface area (Å²) in [6, 6.07) is 10.9. The lowest BCUT2D eigenvalue weighted by molar-refractivity contribution is 0.299. The minimum Gasteiger partial charge on any atom is -0.300 e. The highest BCUT2D eigenvalue weighted by Crippen LogP contribution is 2.38. The molecule has 1 aromatic heterocycles. The van der Waals surface area contributed by atoms with Crippen molar-refractivity contribution in [3.63, 3.8) is 0 Å². The molecule has 1 atom stereocenters. The summed E-state index contributed by atoms with van der Waals surface area (Å²) in [5.74, 6) is 0.476. The van der Waals surface area contributed by atoms with E-state index in [0.717, 1.165) is 24.7 Å². The Morgan fingerprint density at radius 2 is 1.91 bits per heavy atom. The topological polar surface area (TPSA) is 6.48 Å². The van der Waals surface area contributed by atoms with Crippen LogP contribution in [0.3, 0.4) is 0 Å². The number of likely N-dealkylation sites (tertiary alicyclic amines) is 1. The third-order valence-electron chi connectivity index (χ3n) is 5.03. The fourth-order valence-electron chi connectivity index (χ4n) is 3.86. The summed E-state index contributed by atoms with van der Waals surface area (Å²) >= 11 is 8.08. The van der Waals surface area contributed by atoms with Gasteiger partial charge in [0.15, 0.2) is 0 Å². The number of halogens is 1. The van der Waals surface area contributed by atoms with Crippen molar-refractivity contribution in [2.45, 2.75) is 31.8 Å². The molecule has 0 N–H and O–H groups in total. The maximum Gasteiger partial charge on any atom is 0.0406 e. The van der Waals surface area contributed by atoms with E-state index in [9.17, 15) is 0 Å². The van der Waals surface area contributed by atoms with Crippen LogP contribution in [0.15, 0.2) is 30.3 Å². The first-order valence-electron chi connectivity index (χ1n) is 8.47. The van der Waals surface area contributed by atoms with Crippen LogP contribution in [0.25, 0.3) is 0 Å². The summed E-state index contributed by atoms with van der Waals surface area (Å²) in [6.07, 6.45) is 2.72. The third-order valence-corrected chi connectivity index (χ3v) is 6.40. The van der Waals surface area contributed by atoms with E-state index in [0.29, 0.717) is 5.92 Å². The second-order valence-corrected chi connectivity index (χ2v) is 8.53. The largest absolute Gasteiger partial charge is 0.300 e. The molecule has 4 heteroatoms. The van der Waals surface area contributed by atoms with Crippen LogP contribution >= 0.6 is 22.9 Å². The normalized spacial score (nSPS) is 22.4. The molecule has 3 heterocycles. The molecule has 1 unspecified atom stereocenters. The van der Waals surface area contributed by atoms with Crippen LogP contribution in [-0.4, -0.2) is 36.5 Å². The van der Waals surface area contributed by atoms with Gasteiger partial charge in [0.25, 0.3) is 0 Å². The number of benzene rings is 1. The Kier molecular flexibility index (Phi) is 4.46. The zero-order valence-electron chi connectivity index (χ0n) is 13.6. The molecule has 0 spiro atoms. The summed E-state index contributed by atoms with van der Waals surface area (Å²) < 4.78 is 0. The molecule has 0 saturated carbocycles. The van der Waals surface area contributed by atoms with Crippen LogP contribution in [0.5, 0.6) is 0 Å². The van der Waals surface area contributed by atoms with Gasteiger partial charge in [0.2, 0.25) is 0 Å². The number of rotatable bonds is 3. The summed E-state index contributed by atoms with van der Waals surface area (Å²) in [4.78, 5) is 8.12. The molecule has 122 valence electrons. The Balaban J connectivity index is 1.63. The Hall–Kier alpha value is -0.870. The summed E-state index contributed by atoms with van der Waals surface area (Å²) in [5, 5.41) is 0.818. The van der Waals surface area contributed by atoms with Gasteiger partial charge in [-0.1, -0.05) is 23.7 Å². The van der Waals surface area contributed by atoms with E-state index in [1.807, 2.05) is 23.5 Å². The highest BCUT2D eigenvalue weighted by molar-refractivity contribution is 7.12. The number of thiophene rings is 1. The Labute approximate surface area is 147 Å². The average molecular weight is 347 g/mol. The minimum atomic E-state index is 0.476. The van der Waals surface area contributed by atoms with Crippen LogP contribution in [0.2, 0.25) is 5.02 Å². The number of hydrogen-bond donors (Lipinski definition) is 0. The molecule has 0 radical (unpaired) electrons. The minimum absolute atomic E-state index is 0.476.